The first-order chi connectivity index (χ1) is 9.29. The van der Waals surface area contributed by atoms with E-state index in [4.69, 9.17) is 9.47 Å². The third kappa shape index (κ3) is 4.49. The quantitative estimate of drug-likeness (QED) is 0.868. The lowest BCUT2D eigenvalue weighted by atomic mass is 10.1. The first-order valence-electron chi connectivity index (χ1n) is 6.46. The molecule has 6 heteroatoms. The van der Waals surface area contributed by atoms with Gasteiger partial charge in [-0.3, -0.25) is 0 Å². The summed E-state index contributed by atoms with van der Waals surface area (Å²) in [7, 11) is 1.65. The molecule has 106 valence electrons. The maximum absolute atomic E-state index is 11.8. The molecule has 1 unspecified atom stereocenters. The van der Waals surface area contributed by atoms with Crippen LogP contribution in [-0.4, -0.2) is 38.9 Å². The smallest absolute Gasteiger partial charge is 0.315 e. The van der Waals surface area contributed by atoms with Crippen LogP contribution in [0, 0.1) is 0 Å². The molecule has 0 aliphatic carbocycles. The molecule has 0 aromatic carbocycles. The summed E-state index contributed by atoms with van der Waals surface area (Å²) in [5.74, 6) is 0. The number of hydrogen-bond acceptors (Lipinski definition) is 4. The number of nitrogens with one attached hydrogen (secondary N) is 2. The summed E-state index contributed by atoms with van der Waals surface area (Å²) in [4.78, 5) is 11.8. The van der Waals surface area contributed by atoms with Crippen molar-refractivity contribution in [1.82, 2.24) is 10.6 Å². The van der Waals surface area contributed by atoms with Gasteiger partial charge in [0, 0.05) is 32.9 Å². The second-order valence-corrected chi connectivity index (χ2v) is 5.30. The fourth-order valence-electron chi connectivity index (χ4n) is 2.06. The van der Waals surface area contributed by atoms with Gasteiger partial charge in [-0.2, -0.15) is 11.3 Å². The van der Waals surface area contributed by atoms with Gasteiger partial charge in [0.2, 0.25) is 0 Å². The predicted molar refractivity (Wildman–Crippen MR) is 74.4 cm³/mol. The molecule has 2 rings (SSSR count). The van der Waals surface area contributed by atoms with Gasteiger partial charge in [-0.15, -0.1) is 0 Å². The number of amides is 2. The van der Waals surface area contributed by atoms with Crippen LogP contribution in [0.2, 0.25) is 0 Å². The van der Waals surface area contributed by atoms with Crippen molar-refractivity contribution in [3.63, 3.8) is 0 Å². The van der Waals surface area contributed by atoms with Crippen LogP contribution in [0.5, 0.6) is 0 Å². The van der Waals surface area contributed by atoms with E-state index in [0.29, 0.717) is 6.54 Å². The lowest BCUT2D eigenvalue weighted by Gasteiger charge is -2.23. The Morgan fingerprint density at radius 1 is 1.58 bits per heavy atom. The van der Waals surface area contributed by atoms with Gasteiger partial charge in [-0.1, -0.05) is 0 Å². The molecule has 2 N–H and O–H groups in total. The molecule has 1 aromatic heterocycles. The fourth-order valence-corrected chi connectivity index (χ4v) is 2.76. The Morgan fingerprint density at radius 2 is 2.37 bits per heavy atom. The minimum atomic E-state index is -0.135. The highest BCUT2D eigenvalue weighted by atomic mass is 32.1. The van der Waals surface area contributed by atoms with Crippen molar-refractivity contribution >= 4 is 17.4 Å². The highest BCUT2D eigenvalue weighted by Crippen LogP contribution is 2.18. The zero-order valence-corrected chi connectivity index (χ0v) is 11.9. The van der Waals surface area contributed by atoms with E-state index in [0.717, 1.165) is 31.6 Å². The van der Waals surface area contributed by atoms with Crippen molar-refractivity contribution < 1.29 is 14.3 Å². The average Bonchev–Trinajstić information content (AvgIpc) is 2.95. The van der Waals surface area contributed by atoms with Gasteiger partial charge < -0.3 is 20.1 Å². The lowest BCUT2D eigenvalue weighted by molar-refractivity contribution is 0.0791. The molecule has 1 fully saturated rings. The number of rotatable bonds is 5. The molecule has 2 amide bonds. The van der Waals surface area contributed by atoms with Crippen molar-refractivity contribution in [1.29, 1.82) is 0 Å². The summed E-state index contributed by atoms with van der Waals surface area (Å²) in [6.07, 6.45) is 1.67. The van der Waals surface area contributed by atoms with Gasteiger partial charge in [0.1, 0.15) is 6.10 Å². The summed E-state index contributed by atoms with van der Waals surface area (Å²) in [5, 5.41) is 9.86. The molecule has 0 spiro atoms. The first-order valence-corrected chi connectivity index (χ1v) is 7.41. The number of urea groups is 1. The molecule has 19 heavy (non-hydrogen) atoms. The minimum Gasteiger partial charge on any atom is -0.381 e. The van der Waals surface area contributed by atoms with Crippen LogP contribution in [0.4, 0.5) is 4.79 Å². The van der Waals surface area contributed by atoms with Crippen molar-refractivity contribution in [3.8, 4) is 0 Å². The Labute approximate surface area is 117 Å². The molecule has 1 saturated heterocycles. The van der Waals surface area contributed by atoms with Crippen molar-refractivity contribution in [2.24, 2.45) is 0 Å². The third-order valence-corrected chi connectivity index (χ3v) is 3.91. The molecule has 1 aliphatic heterocycles. The number of carbonyl (C=O) groups is 1. The molecule has 2 heterocycles. The highest BCUT2D eigenvalue weighted by Gasteiger charge is 2.17. The summed E-state index contributed by atoms with van der Waals surface area (Å²) >= 11 is 1.62. The molecule has 0 radical (unpaired) electrons. The SMILES string of the molecule is COC(CNC(=O)NC1CCOCC1)c1ccsc1. The largest absolute Gasteiger partial charge is 0.381 e. The molecule has 1 aliphatic rings. The van der Waals surface area contributed by atoms with Crippen LogP contribution in [0.3, 0.4) is 0 Å². The van der Waals surface area contributed by atoms with Gasteiger partial charge in [0.25, 0.3) is 0 Å². The average molecular weight is 284 g/mol. The summed E-state index contributed by atoms with van der Waals surface area (Å²) in [6, 6.07) is 2.09. The zero-order chi connectivity index (χ0) is 13.5. The second-order valence-electron chi connectivity index (χ2n) is 4.52. The second kappa shape index (κ2) is 7.47. The highest BCUT2D eigenvalue weighted by molar-refractivity contribution is 7.07. The standard InChI is InChI=1S/C13H20N2O3S/c1-17-12(10-4-7-19-9-10)8-14-13(16)15-11-2-5-18-6-3-11/h4,7,9,11-12H,2-3,5-6,8H2,1H3,(H2,14,15,16). The summed E-state index contributed by atoms with van der Waals surface area (Å²) in [6.45, 7) is 1.92. The maximum atomic E-state index is 11.8. The summed E-state index contributed by atoms with van der Waals surface area (Å²) in [5.41, 5.74) is 1.10. The summed E-state index contributed by atoms with van der Waals surface area (Å²) < 4.78 is 10.6. The Balaban J connectivity index is 1.72. The normalized spacial score (nSPS) is 17.9. The van der Waals surface area contributed by atoms with Gasteiger partial charge in [0.05, 0.1) is 0 Å². The van der Waals surface area contributed by atoms with Crippen LogP contribution >= 0.6 is 11.3 Å². The lowest BCUT2D eigenvalue weighted by Crippen LogP contribution is -2.45. The Bertz CT molecular complexity index is 377. The monoisotopic (exact) mass is 284 g/mol. The van der Waals surface area contributed by atoms with Crippen molar-refractivity contribution in [2.45, 2.75) is 25.0 Å². The van der Waals surface area contributed by atoms with Gasteiger partial charge >= 0.3 is 6.03 Å². The van der Waals surface area contributed by atoms with Crippen LogP contribution in [0.25, 0.3) is 0 Å². The van der Waals surface area contributed by atoms with E-state index in [2.05, 4.69) is 10.6 Å². The van der Waals surface area contributed by atoms with E-state index in [9.17, 15) is 4.79 Å². The number of carbonyl (C=O) groups excluding carboxylic acids is 1. The zero-order valence-electron chi connectivity index (χ0n) is 11.1. The fraction of sp³-hybridized carbons (Fsp3) is 0.615. The van der Waals surface area contributed by atoms with E-state index < -0.39 is 0 Å². The predicted octanol–water partition coefficient (Wildman–Crippen LogP) is 1.91. The molecule has 1 atom stereocenters. The van der Waals surface area contributed by atoms with E-state index in [1.165, 1.54) is 0 Å². The van der Waals surface area contributed by atoms with E-state index in [1.807, 2.05) is 16.8 Å². The van der Waals surface area contributed by atoms with E-state index >= 15 is 0 Å². The Kier molecular flexibility index (Phi) is 5.62. The van der Waals surface area contributed by atoms with Gasteiger partial charge in [0.15, 0.2) is 0 Å². The molecule has 1 aromatic rings. The molecule has 0 saturated carbocycles. The molecule has 5 nitrogen and oxygen atoms in total. The van der Waals surface area contributed by atoms with Crippen LogP contribution in [0.1, 0.15) is 24.5 Å². The van der Waals surface area contributed by atoms with E-state index in [1.54, 1.807) is 18.4 Å². The molecular formula is C13H20N2O3S. The number of hydrogen-bond donors (Lipinski definition) is 2. The third-order valence-electron chi connectivity index (χ3n) is 3.20. The van der Waals surface area contributed by atoms with Crippen LogP contribution < -0.4 is 10.6 Å². The van der Waals surface area contributed by atoms with Crippen LogP contribution in [-0.2, 0) is 9.47 Å². The Morgan fingerprint density at radius 3 is 3.00 bits per heavy atom. The maximum Gasteiger partial charge on any atom is 0.315 e. The minimum absolute atomic E-state index is 0.0910. The number of thiophene rings is 1. The van der Waals surface area contributed by atoms with Gasteiger partial charge in [-0.05, 0) is 35.2 Å². The van der Waals surface area contributed by atoms with Crippen molar-refractivity contribution in [2.75, 3.05) is 26.9 Å². The number of methoxy groups -OCH3 is 1. The first kappa shape index (κ1) is 14.3. The Hall–Kier alpha value is -1.11. The van der Waals surface area contributed by atoms with Crippen molar-refractivity contribution in [3.05, 3.63) is 22.4 Å². The van der Waals surface area contributed by atoms with Gasteiger partial charge in [-0.25, -0.2) is 4.79 Å². The molecular weight excluding hydrogens is 264 g/mol. The topological polar surface area (TPSA) is 59.6 Å². The molecule has 0 bridgehead atoms. The number of ether oxygens (including phenoxy) is 2. The van der Waals surface area contributed by atoms with Crippen LogP contribution in [0.15, 0.2) is 16.8 Å². The van der Waals surface area contributed by atoms with E-state index in [-0.39, 0.29) is 18.2 Å².